The zero-order chi connectivity index (χ0) is 28.7. The molecule has 0 spiro atoms. The van der Waals surface area contributed by atoms with Crippen molar-refractivity contribution >= 4 is 18.3 Å². The third-order valence-corrected chi connectivity index (χ3v) is 7.05. The molecule has 0 heterocycles. The lowest BCUT2D eigenvalue weighted by atomic mass is 9.84. The molecular formula is C29H53NO7. The van der Waals surface area contributed by atoms with Crippen molar-refractivity contribution < 1.29 is 33.3 Å². The molecule has 0 saturated heterocycles. The molecule has 37 heavy (non-hydrogen) atoms. The average molecular weight is 528 g/mol. The van der Waals surface area contributed by atoms with Gasteiger partial charge in [0.1, 0.15) is 12.2 Å². The first kappa shape index (κ1) is 35.1. The zero-order valence-corrected chi connectivity index (χ0v) is 25.1. The largest absolute Gasteiger partial charge is 0.462 e. The minimum absolute atomic E-state index is 0.00755. The Morgan fingerprint density at radius 3 is 1.95 bits per heavy atom. The molecule has 0 aromatic heterocycles. The van der Waals surface area contributed by atoms with E-state index in [0.717, 1.165) is 12.8 Å². The highest BCUT2D eigenvalue weighted by molar-refractivity contribution is 5.71. The number of carbonyl (C=O) groups is 3. The maximum atomic E-state index is 12.6. The lowest BCUT2D eigenvalue weighted by Crippen LogP contribution is -2.39. The van der Waals surface area contributed by atoms with Gasteiger partial charge in [0.2, 0.25) is 6.41 Å². The number of rotatable bonds is 19. The van der Waals surface area contributed by atoms with Crippen molar-refractivity contribution in [3.05, 3.63) is 12.3 Å². The molecule has 0 rings (SSSR count). The predicted octanol–water partition coefficient (Wildman–Crippen LogP) is 5.24. The monoisotopic (exact) mass is 527 g/mol. The maximum Gasteiger partial charge on any atom is 0.308 e. The van der Waals surface area contributed by atoms with E-state index in [0.29, 0.717) is 19.3 Å². The van der Waals surface area contributed by atoms with Crippen LogP contribution in [0.15, 0.2) is 12.3 Å². The Balaban J connectivity index is 5.59. The maximum absolute atomic E-state index is 12.6. The number of nitrogens with zero attached hydrogens (tertiary/aromatic N) is 1. The van der Waals surface area contributed by atoms with E-state index in [4.69, 9.17) is 18.9 Å². The Kier molecular flexibility index (Phi) is 17.4. The van der Waals surface area contributed by atoms with E-state index in [-0.39, 0.29) is 65.9 Å². The second kappa shape index (κ2) is 18.3. The van der Waals surface area contributed by atoms with Crippen LogP contribution in [-0.4, -0.2) is 68.9 Å². The van der Waals surface area contributed by atoms with Gasteiger partial charge in [-0.25, -0.2) is 0 Å². The van der Waals surface area contributed by atoms with Crippen LogP contribution in [0.2, 0.25) is 0 Å². The number of carbonyl (C=O) groups excluding carboxylic acids is 3. The second-order valence-electron chi connectivity index (χ2n) is 10.9. The van der Waals surface area contributed by atoms with E-state index in [1.807, 2.05) is 47.6 Å². The van der Waals surface area contributed by atoms with Crippen molar-refractivity contribution in [3.63, 3.8) is 0 Å². The summed E-state index contributed by atoms with van der Waals surface area (Å²) in [6, 6.07) is 0. The number of esters is 2. The van der Waals surface area contributed by atoms with Gasteiger partial charge in [0.25, 0.3) is 0 Å². The molecule has 0 aliphatic carbocycles. The Labute approximate surface area is 225 Å². The van der Waals surface area contributed by atoms with Crippen molar-refractivity contribution in [1.82, 2.24) is 4.90 Å². The van der Waals surface area contributed by atoms with Crippen molar-refractivity contribution in [2.75, 3.05) is 21.3 Å². The number of ether oxygens (including phenoxy) is 4. The van der Waals surface area contributed by atoms with Gasteiger partial charge in [-0.15, -0.1) is 0 Å². The summed E-state index contributed by atoms with van der Waals surface area (Å²) >= 11 is 0. The summed E-state index contributed by atoms with van der Waals surface area (Å²) in [7, 11) is 5.02. The molecule has 0 aliphatic rings. The minimum Gasteiger partial charge on any atom is -0.462 e. The third kappa shape index (κ3) is 12.9. The fraction of sp³-hybridized carbons (Fsp3) is 0.828. The van der Waals surface area contributed by atoms with Gasteiger partial charge in [-0.3, -0.25) is 14.4 Å². The molecule has 8 nitrogen and oxygen atoms in total. The topological polar surface area (TPSA) is 91.4 Å². The summed E-state index contributed by atoms with van der Waals surface area (Å²) in [5, 5.41) is 0. The quantitative estimate of drug-likeness (QED) is 0.167. The highest BCUT2D eigenvalue weighted by Gasteiger charge is 2.33. The van der Waals surface area contributed by atoms with Gasteiger partial charge in [-0.1, -0.05) is 61.5 Å². The van der Waals surface area contributed by atoms with Crippen LogP contribution < -0.4 is 0 Å². The molecule has 0 aromatic carbocycles. The molecule has 0 fully saturated rings. The van der Waals surface area contributed by atoms with E-state index in [9.17, 15) is 14.4 Å². The molecule has 0 N–H and O–H groups in total. The van der Waals surface area contributed by atoms with Gasteiger partial charge < -0.3 is 23.8 Å². The molecule has 1 amide bonds. The molecule has 8 heteroatoms. The summed E-state index contributed by atoms with van der Waals surface area (Å²) < 4.78 is 23.3. The molecule has 0 unspecified atom stereocenters. The van der Waals surface area contributed by atoms with Crippen LogP contribution in [0.4, 0.5) is 0 Å². The van der Waals surface area contributed by atoms with Gasteiger partial charge >= 0.3 is 11.9 Å². The lowest BCUT2D eigenvalue weighted by Gasteiger charge is -2.34. The van der Waals surface area contributed by atoms with Crippen LogP contribution in [0.1, 0.15) is 81.1 Å². The van der Waals surface area contributed by atoms with Crippen LogP contribution in [-0.2, 0) is 33.3 Å². The van der Waals surface area contributed by atoms with Crippen LogP contribution in [0.3, 0.4) is 0 Å². The number of hydrogen-bond acceptors (Lipinski definition) is 7. The average Bonchev–Trinajstić information content (AvgIpc) is 2.86. The standard InChI is InChI=1S/C29H53NO7/c1-12-27(32)36-25(19(2)3)17-26(34-10)21(6)13-14-24(37-29(33)20(4)5)23(8)28(35-11)22(7)15-16-30(9)18-31/h15-16,18-26,28H,12-14,17H2,1-11H3/b16-15+/t21-,22+,23-,24+,25-,26-,28+/m0/s1. The number of hydrogen-bond donors (Lipinski definition) is 0. The van der Waals surface area contributed by atoms with Crippen LogP contribution in [0.5, 0.6) is 0 Å². The van der Waals surface area contributed by atoms with Gasteiger partial charge in [0.05, 0.1) is 18.1 Å². The van der Waals surface area contributed by atoms with Crippen LogP contribution in [0, 0.1) is 29.6 Å². The summed E-state index contributed by atoms with van der Waals surface area (Å²) in [5.41, 5.74) is 0. The first-order valence-corrected chi connectivity index (χ1v) is 13.6. The predicted molar refractivity (Wildman–Crippen MR) is 146 cm³/mol. The van der Waals surface area contributed by atoms with E-state index in [1.165, 1.54) is 4.90 Å². The summed E-state index contributed by atoms with van der Waals surface area (Å²) in [6.45, 7) is 15.7. The fourth-order valence-corrected chi connectivity index (χ4v) is 4.36. The van der Waals surface area contributed by atoms with Crippen molar-refractivity contribution in [1.29, 1.82) is 0 Å². The van der Waals surface area contributed by atoms with E-state index in [1.54, 1.807) is 34.4 Å². The lowest BCUT2D eigenvalue weighted by molar-refractivity contribution is -0.159. The highest BCUT2D eigenvalue weighted by atomic mass is 16.6. The van der Waals surface area contributed by atoms with E-state index >= 15 is 0 Å². The fourth-order valence-electron chi connectivity index (χ4n) is 4.36. The Morgan fingerprint density at radius 1 is 0.865 bits per heavy atom. The number of methoxy groups -OCH3 is 2. The summed E-state index contributed by atoms with van der Waals surface area (Å²) in [5.74, 6) is -0.447. The third-order valence-electron chi connectivity index (χ3n) is 7.05. The molecular weight excluding hydrogens is 474 g/mol. The minimum atomic E-state index is -0.349. The number of amides is 1. The van der Waals surface area contributed by atoms with Gasteiger partial charge in [-0.2, -0.15) is 0 Å². The van der Waals surface area contributed by atoms with Gasteiger partial charge in [0, 0.05) is 52.1 Å². The molecule has 0 aliphatic heterocycles. The van der Waals surface area contributed by atoms with Crippen molar-refractivity contribution in [3.8, 4) is 0 Å². The zero-order valence-electron chi connectivity index (χ0n) is 25.1. The second-order valence-corrected chi connectivity index (χ2v) is 10.9. The van der Waals surface area contributed by atoms with E-state index < -0.39 is 0 Å². The Morgan fingerprint density at radius 2 is 1.49 bits per heavy atom. The van der Waals surface area contributed by atoms with Gasteiger partial charge in [-0.05, 0) is 24.7 Å². The Bertz CT molecular complexity index is 694. The van der Waals surface area contributed by atoms with E-state index in [2.05, 4.69) is 6.92 Å². The SMILES string of the molecule is CCC(=O)O[C@@H](C[C@H](OC)[C@@H](C)CC[C@@H](OC(=O)C(C)C)[C@H](C)[C@H](OC)[C@H](C)/C=C/N(C)C=O)C(C)C. The molecule has 0 radical (unpaired) electrons. The molecule has 0 bridgehead atoms. The summed E-state index contributed by atoms with van der Waals surface area (Å²) in [6.07, 6.45) is 5.86. The molecule has 7 atom stereocenters. The van der Waals surface area contributed by atoms with Gasteiger partial charge in [0.15, 0.2) is 0 Å². The Hall–Kier alpha value is -1.93. The molecule has 0 aromatic rings. The molecule has 216 valence electrons. The van der Waals surface area contributed by atoms with Crippen molar-refractivity contribution in [2.24, 2.45) is 29.6 Å². The first-order chi connectivity index (χ1) is 17.3. The normalized spacial score (nSPS) is 17.6. The first-order valence-electron chi connectivity index (χ1n) is 13.6. The van der Waals surface area contributed by atoms with Crippen LogP contribution in [0.25, 0.3) is 0 Å². The smallest absolute Gasteiger partial charge is 0.308 e. The molecule has 0 saturated carbocycles. The van der Waals surface area contributed by atoms with Crippen molar-refractivity contribution in [2.45, 2.75) is 105 Å². The van der Waals surface area contributed by atoms with Crippen LogP contribution >= 0.6 is 0 Å². The highest BCUT2D eigenvalue weighted by Crippen LogP contribution is 2.29. The summed E-state index contributed by atoms with van der Waals surface area (Å²) in [4.78, 5) is 36.9.